The highest BCUT2D eigenvalue weighted by atomic mass is 32.2. The molecule has 184 valence electrons. The molecule has 0 aliphatic heterocycles. The normalized spacial score (nSPS) is 11.8. The second-order valence-electron chi connectivity index (χ2n) is 8.25. The van der Waals surface area contributed by atoms with Gasteiger partial charge in [0, 0.05) is 34.9 Å². The van der Waals surface area contributed by atoms with Crippen molar-refractivity contribution in [1.29, 1.82) is 0 Å². The summed E-state index contributed by atoms with van der Waals surface area (Å²) in [5.41, 5.74) is 1.94. The van der Waals surface area contributed by atoms with E-state index >= 15 is 0 Å². The molecule has 1 amide bonds. The molecule has 0 saturated carbocycles. The fourth-order valence-electron chi connectivity index (χ4n) is 3.21. The molecule has 0 atom stereocenters. The van der Waals surface area contributed by atoms with Crippen molar-refractivity contribution in [1.82, 2.24) is 15.2 Å². The van der Waals surface area contributed by atoms with Gasteiger partial charge in [0.25, 0.3) is 0 Å². The monoisotopic (exact) mass is 507 g/mol. The average Bonchev–Trinajstić information content (AvgIpc) is 3.29. The van der Waals surface area contributed by atoms with E-state index in [2.05, 4.69) is 46.5 Å². The first-order valence-electron chi connectivity index (χ1n) is 11.5. The Morgan fingerprint density at radius 2 is 1.66 bits per heavy atom. The first-order valence-corrected chi connectivity index (χ1v) is 13.5. The van der Waals surface area contributed by atoms with E-state index in [-0.39, 0.29) is 5.91 Å². The zero-order valence-corrected chi connectivity index (χ0v) is 22.2. The molecular formula is C27H33N5OS2. The highest BCUT2D eigenvalue weighted by Gasteiger charge is 2.11. The van der Waals surface area contributed by atoms with E-state index in [1.54, 1.807) is 18.3 Å². The zero-order valence-electron chi connectivity index (χ0n) is 20.6. The van der Waals surface area contributed by atoms with Crippen molar-refractivity contribution in [2.45, 2.75) is 18.7 Å². The lowest BCUT2D eigenvalue weighted by Crippen LogP contribution is -2.40. The van der Waals surface area contributed by atoms with Gasteiger partial charge in [-0.15, -0.1) is 11.3 Å². The van der Waals surface area contributed by atoms with E-state index in [0.717, 1.165) is 29.2 Å². The zero-order chi connectivity index (χ0) is 24.9. The molecule has 0 radical (unpaired) electrons. The topological polar surface area (TPSA) is 60.3 Å². The van der Waals surface area contributed by atoms with Crippen LogP contribution in [0.3, 0.4) is 0 Å². The Labute approximate surface area is 216 Å². The molecule has 3 rings (SSSR count). The summed E-state index contributed by atoms with van der Waals surface area (Å²) >= 11 is 3.71. The molecule has 8 heteroatoms. The number of nitrogens with one attached hydrogen (secondary N) is 1. The summed E-state index contributed by atoms with van der Waals surface area (Å²) in [5, 5.41) is 9.04. The molecule has 35 heavy (non-hydrogen) atoms. The first kappa shape index (κ1) is 26.7. The number of hydrazone groups is 1. The average molecular weight is 508 g/mol. The van der Waals surface area contributed by atoms with Gasteiger partial charge in [0.15, 0.2) is 0 Å². The Hall–Kier alpha value is -2.94. The first-order chi connectivity index (χ1) is 17.0. The van der Waals surface area contributed by atoms with Crippen molar-refractivity contribution in [3.8, 4) is 0 Å². The fourth-order valence-corrected chi connectivity index (χ4v) is 5.28. The third-order valence-corrected chi connectivity index (χ3v) is 7.11. The van der Waals surface area contributed by atoms with E-state index in [4.69, 9.17) is 0 Å². The van der Waals surface area contributed by atoms with E-state index in [1.807, 2.05) is 83.8 Å². The van der Waals surface area contributed by atoms with Gasteiger partial charge in [0.2, 0.25) is 11.9 Å². The van der Waals surface area contributed by atoms with Crippen molar-refractivity contribution < 1.29 is 4.79 Å². The molecule has 3 aromatic rings. The minimum absolute atomic E-state index is 0.114. The molecule has 0 bridgehead atoms. The molecule has 0 aliphatic carbocycles. The van der Waals surface area contributed by atoms with Crippen molar-refractivity contribution >= 4 is 41.2 Å². The summed E-state index contributed by atoms with van der Waals surface area (Å²) in [6.07, 6.45) is 2.05. The number of hydrogen-bond acceptors (Lipinski definition) is 6. The quantitative estimate of drug-likeness (QED) is 0.177. The summed E-state index contributed by atoms with van der Waals surface area (Å²) < 4.78 is 0. The Bertz CT molecular complexity index is 1100. The maximum atomic E-state index is 12.7. The SMILES string of the molecule is CN(C)Cc1ccc(CSCCN=C(NC(=O)Cc2ccccc2)N(C)/N=C/c2ccccc2)s1. The molecule has 0 aliphatic rings. The van der Waals surface area contributed by atoms with Gasteiger partial charge in [0.05, 0.1) is 19.2 Å². The fraction of sp³-hybridized carbons (Fsp3) is 0.296. The lowest BCUT2D eigenvalue weighted by molar-refractivity contribution is -0.119. The number of thiophene rings is 1. The summed E-state index contributed by atoms with van der Waals surface area (Å²) in [5.74, 6) is 2.15. The van der Waals surface area contributed by atoms with E-state index in [9.17, 15) is 4.79 Å². The van der Waals surface area contributed by atoms with Crippen LogP contribution in [0.15, 0.2) is 82.9 Å². The molecule has 6 nitrogen and oxygen atoms in total. The van der Waals surface area contributed by atoms with Gasteiger partial charge in [-0.05, 0) is 37.4 Å². The number of amides is 1. The Morgan fingerprint density at radius 1 is 0.971 bits per heavy atom. The van der Waals surface area contributed by atoms with Crippen LogP contribution < -0.4 is 5.32 Å². The Kier molecular flexibility index (Phi) is 11.0. The third kappa shape index (κ3) is 10.1. The van der Waals surface area contributed by atoms with Crippen LogP contribution in [0.2, 0.25) is 0 Å². The van der Waals surface area contributed by atoms with Crippen LogP contribution in [0.5, 0.6) is 0 Å². The predicted molar refractivity (Wildman–Crippen MR) is 150 cm³/mol. The van der Waals surface area contributed by atoms with Crippen LogP contribution in [-0.2, 0) is 23.5 Å². The van der Waals surface area contributed by atoms with E-state index in [1.165, 1.54) is 9.75 Å². The van der Waals surface area contributed by atoms with Crippen LogP contribution in [0.4, 0.5) is 0 Å². The van der Waals surface area contributed by atoms with Crippen molar-refractivity contribution in [2.24, 2.45) is 10.1 Å². The van der Waals surface area contributed by atoms with Crippen molar-refractivity contribution in [3.63, 3.8) is 0 Å². The van der Waals surface area contributed by atoms with Crippen LogP contribution in [-0.4, -0.2) is 61.4 Å². The van der Waals surface area contributed by atoms with E-state index < -0.39 is 0 Å². The van der Waals surface area contributed by atoms with Gasteiger partial charge < -0.3 is 4.90 Å². The molecule has 1 heterocycles. The Morgan fingerprint density at radius 3 is 2.37 bits per heavy atom. The third-order valence-electron chi connectivity index (χ3n) is 4.88. The lowest BCUT2D eigenvalue weighted by atomic mass is 10.1. The smallest absolute Gasteiger partial charge is 0.231 e. The summed E-state index contributed by atoms with van der Waals surface area (Å²) in [7, 11) is 5.97. The van der Waals surface area contributed by atoms with Gasteiger partial charge in [0.1, 0.15) is 0 Å². The van der Waals surface area contributed by atoms with Gasteiger partial charge >= 0.3 is 0 Å². The Balaban J connectivity index is 1.57. The van der Waals surface area contributed by atoms with Crippen LogP contribution >= 0.6 is 23.1 Å². The molecule has 2 aromatic carbocycles. The van der Waals surface area contributed by atoms with Gasteiger partial charge in [-0.1, -0.05) is 60.7 Å². The summed E-state index contributed by atoms with van der Waals surface area (Å²) in [6.45, 7) is 1.56. The number of guanidine groups is 1. The molecule has 0 unspecified atom stereocenters. The van der Waals surface area contributed by atoms with Gasteiger partial charge in [-0.25, -0.2) is 5.01 Å². The number of nitrogens with zero attached hydrogens (tertiary/aromatic N) is 4. The molecule has 0 spiro atoms. The predicted octanol–water partition coefficient (Wildman–Crippen LogP) is 4.72. The van der Waals surface area contributed by atoms with Crippen molar-refractivity contribution in [3.05, 3.63) is 93.7 Å². The summed E-state index contributed by atoms with van der Waals surface area (Å²) in [4.78, 5) is 22.3. The minimum Gasteiger partial charge on any atom is -0.304 e. The number of hydrogen-bond donors (Lipinski definition) is 1. The number of thioether (sulfide) groups is 1. The largest absolute Gasteiger partial charge is 0.304 e. The van der Waals surface area contributed by atoms with Crippen LogP contribution in [0, 0.1) is 0 Å². The number of aliphatic imine (C=N–C) groups is 1. The number of carbonyl (C=O) groups is 1. The van der Waals surface area contributed by atoms with Gasteiger partial charge in [-0.2, -0.15) is 16.9 Å². The number of benzene rings is 2. The second-order valence-corrected chi connectivity index (χ2v) is 10.6. The standard InChI is InChI=1S/C27H33N5OS2/c1-31(2)20-24-14-15-25(35-24)21-34-17-16-28-27(30-26(33)18-22-10-6-4-7-11-22)32(3)29-19-23-12-8-5-9-13-23/h4-15,19H,16-18,20-21H2,1-3H3,(H,28,30,33)/b29-19+. The molecule has 0 fully saturated rings. The maximum absolute atomic E-state index is 12.7. The highest BCUT2D eigenvalue weighted by molar-refractivity contribution is 7.98. The molecule has 1 N–H and O–H groups in total. The maximum Gasteiger partial charge on any atom is 0.231 e. The lowest BCUT2D eigenvalue weighted by Gasteiger charge is -2.17. The molecule has 1 aromatic heterocycles. The molecular weight excluding hydrogens is 474 g/mol. The second kappa shape index (κ2) is 14.5. The van der Waals surface area contributed by atoms with Crippen LogP contribution in [0.25, 0.3) is 0 Å². The van der Waals surface area contributed by atoms with Gasteiger partial charge in [-0.3, -0.25) is 15.1 Å². The van der Waals surface area contributed by atoms with Crippen molar-refractivity contribution in [2.75, 3.05) is 33.4 Å². The van der Waals surface area contributed by atoms with Crippen LogP contribution in [0.1, 0.15) is 20.9 Å². The summed E-state index contributed by atoms with van der Waals surface area (Å²) in [6, 6.07) is 24.0. The number of carbonyl (C=O) groups excluding carboxylic acids is 1. The van der Waals surface area contributed by atoms with E-state index in [0.29, 0.717) is 18.9 Å². The minimum atomic E-state index is -0.114. The highest BCUT2D eigenvalue weighted by Crippen LogP contribution is 2.22. The molecule has 0 saturated heterocycles. The number of rotatable bonds is 11.